The smallest absolute Gasteiger partial charge is 0.0406 e. The van der Waals surface area contributed by atoms with Gasteiger partial charge in [0.1, 0.15) is 0 Å². The van der Waals surface area contributed by atoms with E-state index in [4.69, 9.17) is 0 Å². The van der Waals surface area contributed by atoms with E-state index in [1.54, 1.807) is 0 Å². The van der Waals surface area contributed by atoms with Crippen LogP contribution in [0.1, 0.15) is 24.1 Å². The third-order valence-corrected chi connectivity index (χ3v) is 3.71. The van der Waals surface area contributed by atoms with Gasteiger partial charge in [-0.2, -0.15) is 0 Å². The summed E-state index contributed by atoms with van der Waals surface area (Å²) in [6.07, 6.45) is 10.7. The molecule has 2 nitrogen and oxygen atoms in total. The highest BCUT2D eigenvalue weighted by molar-refractivity contribution is 5.12. The summed E-state index contributed by atoms with van der Waals surface area (Å²) in [7, 11) is 0. The van der Waals surface area contributed by atoms with Crippen molar-refractivity contribution in [3.63, 3.8) is 0 Å². The van der Waals surface area contributed by atoms with Crippen molar-refractivity contribution in [2.75, 3.05) is 0 Å². The van der Waals surface area contributed by atoms with Gasteiger partial charge in [0.05, 0.1) is 0 Å². The molecule has 1 aliphatic rings. The predicted molar refractivity (Wildman–Crippen MR) is 72.1 cm³/mol. The molecule has 92 valence electrons. The standard InChI is InChI=1S/C16H18N2/c1-2-9-18-16(5-1)11-15(14-6-7-14)10-13-4-3-8-17-12-13/h1-5,8-9,12,14-15H,6-7,10-11H2. The molecule has 2 aromatic heterocycles. The predicted octanol–water partition coefficient (Wildman–Crippen LogP) is 3.29. The quantitative estimate of drug-likeness (QED) is 0.798. The lowest BCUT2D eigenvalue weighted by atomic mass is 9.91. The van der Waals surface area contributed by atoms with E-state index in [9.17, 15) is 0 Å². The van der Waals surface area contributed by atoms with Gasteiger partial charge in [0.25, 0.3) is 0 Å². The van der Waals surface area contributed by atoms with E-state index in [2.05, 4.69) is 28.2 Å². The minimum absolute atomic E-state index is 0.726. The molecule has 1 saturated carbocycles. The summed E-state index contributed by atoms with van der Waals surface area (Å²) in [5.74, 6) is 1.62. The van der Waals surface area contributed by atoms with Gasteiger partial charge in [-0.05, 0) is 61.3 Å². The van der Waals surface area contributed by atoms with Gasteiger partial charge < -0.3 is 0 Å². The monoisotopic (exact) mass is 238 g/mol. The molecular weight excluding hydrogens is 220 g/mol. The number of rotatable bonds is 5. The van der Waals surface area contributed by atoms with Crippen molar-refractivity contribution < 1.29 is 0 Å². The van der Waals surface area contributed by atoms with Gasteiger partial charge in [0.15, 0.2) is 0 Å². The second kappa shape index (κ2) is 5.30. The van der Waals surface area contributed by atoms with Crippen LogP contribution in [0.3, 0.4) is 0 Å². The van der Waals surface area contributed by atoms with E-state index in [-0.39, 0.29) is 0 Å². The lowest BCUT2D eigenvalue weighted by molar-refractivity contribution is 0.452. The van der Waals surface area contributed by atoms with Crippen LogP contribution in [0, 0.1) is 11.8 Å². The molecule has 2 heterocycles. The highest BCUT2D eigenvalue weighted by Gasteiger charge is 2.31. The maximum atomic E-state index is 4.45. The summed E-state index contributed by atoms with van der Waals surface area (Å²) in [5, 5.41) is 0. The van der Waals surface area contributed by atoms with Gasteiger partial charge in [0.2, 0.25) is 0 Å². The van der Waals surface area contributed by atoms with Crippen LogP contribution >= 0.6 is 0 Å². The number of aromatic nitrogens is 2. The molecule has 2 heteroatoms. The van der Waals surface area contributed by atoms with Gasteiger partial charge in [-0.15, -0.1) is 0 Å². The zero-order valence-corrected chi connectivity index (χ0v) is 10.5. The Morgan fingerprint density at radius 2 is 2.00 bits per heavy atom. The van der Waals surface area contributed by atoms with Gasteiger partial charge >= 0.3 is 0 Å². The molecule has 0 amide bonds. The molecule has 0 N–H and O–H groups in total. The van der Waals surface area contributed by atoms with Gasteiger partial charge in [-0.1, -0.05) is 12.1 Å². The van der Waals surface area contributed by atoms with Gasteiger partial charge in [-0.25, -0.2) is 0 Å². The summed E-state index contributed by atoms with van der Waals surface area (Å²) in [4.78, 5) is 8.66. The van der Waals surface area contributed by atoms with Crippen molar-refractivity contribution in [3.8, 4) is 0 Å². The van der Waals surface area contributed by atoms with E-state index < -0.39 is 0 Å². The van der Waals surface area contributed by atoms with Crippen LogP contribution < -0.4 is 0 Å². The Morgan fingerprint density at radius 1 is 1.06 bits per heavy atom. The van der Waals surface area contributed by atoms with Crippen LogP contribution in [-0.4, -0.2) is 9.97 Å². The van der Waals surface area contributed by atoms with Crippen LogP contribution in [0.15, 0.2) is 48.9 Å². The van der Waals surface area contributed by atoms with Crippen molar-refractivity contribution in [1.82, 2.24) is 9.97 Å². The Balaban J connectivity index is 1.69. The minimum atomic E-state index is 0.726. The van der Waals surface area contributed by atoms with Crippen LogP contribution in [0.25, 0.3) is 0 Å². The molecule has 0 bridgehead atoms. The molecule has 0 aromatic carbocycles. The third kappa shape index (κ3) is 2.95. The van der Waals surface area contributed by atoms with Crippen molar-refractivity contribution >= 4 is 0 Å². The minimum Gasteiger partial charge on any atom is -0.264 e. The van der Waals surface area contributed by atoms with E-state index >= 15 is 0 Å². The summed E-state index contributed by atoms with van der Waals surface area (Å²) < 4.78 is 0. The fourth-order valence-electron chi connectivity index (χ4n) is 2.58. The normalized spacial score (nSPS) is 16.4. The molecule has 0 saturated heterocycles. The Labute approximate surface area is 108 Å². The Kier molecular flexibility index (Phi) is 3.35. The van der Waals surface area contributed by atoms with E-state index in [0.717, 1.165) is 24.7 Å². The maximum Gasteiger partial charge on any atom is 0.0406 e. The lowest BCUT2D eigenvalue weighted by Crippen LogP contribution is -2.11. The zero-order valence-electron chi connectivity index (χ0n) is 10.5. The second-order valence-corrected chi connectivity index (χ2v) is 5.19. The maximum absolute atomic E-state index is 4.45. The van der Waals surface area contributed by atoms with Crippen LogP contribution in [0.5, 0.6) is 0 Å². The van der Waals surface area contributed by atoms with Crippen molar-refractivity contribution in [2.45, 2.75) is 25.7 Å². The number of hydrogen-bond acceptors (Lipinski definition) is 2. The highest BCUT2D eigenvalue weighted by Crippen LogP contribution is 2.39. The number of hydrogen-bond donors (Lipinski definition) is 0. The zero-order chi connectivity index (χ0) is 12.2. The largest absolute Gasteiger partial charge is 0.264 e. The molecule has 1 atom stereocenters. The summed E-state index contributed by atoms with van der Waals surface area (Å²) >= 11 is 0. The fraction of sp³-hybridized carbons (Fsp3) is 0.375. The number of nitrogens with zero attached hydrogens (tertiary/aromatic N) is 2. The lowest BCUT2D eigenvalue weighted by Gasteiger charge is -2.15. The molecule has 1 fully saturated rings. The van der Waals surface area contributed by atoms with Crippen LogP contribution in [0.4, 0.5) is 0 Å². The SMILES string of the molecule is c1ccc(CC(Cc2cccnc2)C2CC2)nc1. The first-order chi connectivity index (χ1) is 8.92. The van der Waals surface area contributed by atoms with E-state index in [1.807, 2.05) is 30.7 Å². The summed E-state index contributed by atoms with van der Waals surface area (Å²) in [5.41, 5.74) is 2.57. The van der Waals surface area contributed by atoms with Gasteiger partial charge in [0, 0.05) is 24.3 Å². The van der Waals surface area contributed by atoms with E-state index in [1.165, 1.54) is 24.1 Å². The molecular formula is C16H18N2. The molecule has 1 unspecified atom stereocenters. The first-order valence-corrected chi connectivity index (χ1v) is 6.70. The Hall–Kier alpha value is -1.70. The summed E-state index contributed by atoms with van der Waals surface area (Å²) in [6, 6.07) is 10.4. The van der Waals surface area contributed by atoms with Gasteiger partial charge in [-0.3, -0.25) is 9.97 Å². The third-order valence-electron chi connectivity index (χ3n) is 3.71. The Bertz CT molecular complexity index is 435. The first kappa shape index (κ1) is 11.4. The molecule has 0 aliphatic heterocycles. The molecule has 2 aromatic rings. The average Bonchev–Trinajstić information content (AvgIpc) is 3.25. The fourth-order valence-corrected chi connectivity index (χ4v) is 2.58. The summed E-state index contributed by atoms with van der Waals surface area (Å²) in [6.45, 7) is 0. The second-order valence-electron chi connectivity index (χ2n) is 5.19. The van der Waals surface area contributed by atoms with E-state index in [0.29, 0.717) is 0 Å². The molecule has 0 spiro atoms. The molecule has 1 aliphatic carbocycles. The molecule has 0 radical (unpaired) electrons. The molecule has 18 heavy (non-hydrogen) atoms. The number of pyridine rings is 2. The Morgan fingerprint density at radius 3 is 2.67 bits per heavy atom. The highest BCUT2D eigenvalue weighted by atomic mass is 14.7. The molecule has 3 rings (SSSR count). The first-order valence-electron chi connectivity index (χ1n) is 6.70. The van der Waals surface area contributed by atoms with Crippen molar-refractivity contribution in [1.29, 1.82) is 0 Å². The van der Waals surface area contributed by atoms with Crippen LogP contribution in [0.2, 0.25) is 0 Å². The topological polar surface area (TPSA) is 25.8 Å². The van der Waals surface area contributed by atoms with Crippen molar-refractivity contribution in [3.05, 3.63) is 60.2 Å². The average molecular weight is 238 g/mol. The van der Waals surface area contributed by atoms with Crippen molar-refractivity contribution in [2.24, 2.45) is 11.8 Å². The van der Waals surface area contributed by atoms with Crippen LogP contribution in [-0.2, 0) is 12.8 Å².